The monoisotopic (exact) mass is 231 g/mol. The molecule has 0 fully saturated rings. The summed E-state index contributed by atoms with van der Waals surface area (Å²) < 4.78 is 10.8. The fraction of sp³-hybridized carbons (Fsp3) is 0.917. The molecule has 0 radical (unpaired) electrons. The second-order valence-corrected chi connectivity index (χ2v) is 3.86. The van der Waals surface area contributed by atoms with Crippen LogP contribution in [0.4, 0.5) is 0 Å². The molecule has 16 heavy (non-hydrogen) atoms. The van der Waals surface area contributed by atoms with Crippen LogP contribution in [-0.2, 0) is 14.3 Å². The molecule has 1 unspecified atom stereocenters. The van der Waals surface area contributed by atoms with E-state index in [4.69, 9.17) is 15.2 Å². The van der Waals surface area contributed by atoms with Crippen LogP contribution in [0.5, 0.6) is 0 Å². The molecule has 96 valence electrons. The Kier molecular flexibility index (Phi) is 7.34. The average molecular weight is 231 g/mol. The first kappa shape index (κ1) is 15.4. The summed E-state index contributed by atoms with van der Waals surface area (Å²) in [7, 11) is 0. The number of hydrogen-bond donors (Lipinski definition) is 1. The van der Waals surface area contributed by atoms with E-state index < -0.39 is 11.7 Å². The summed E-state index contributed by atoms with van der Waals surface area (Å²) in [5.74, 6) is -0.287. The lowest BCUT2D eigenvalue weighted by molar-refractivity contribution is -0.170. The molecule has 0 aliphatic carbocycles. The summed E-state index contributed by atoms with van der Waals surface area (Å²) in [5, 5.41) is 0. The third kappa shape index (κ3) is 4.10. The second kappa shape index (κ2) is 7.63. The van der Waals surface area contributed by atoms with Crippen molar-refractivity contribution in [3.05, 3.63) is 0 Å². The van der Waals surface area contributed by atoms with Gasteiger partial charge in [-0.15, -0.1) is 0 Å². The van der Waals surface area contributed by atoms with Crippen LogP contribution < -0.4 is 5.73 Å². The van der Waals surface area contributed by atoms with Crippen LogP contribution >= 0.6 is 0 Å². The van der Waals surface area contributed by atoms with Gasteiger partial charge in [0.2, 0.25) is 0 Å². The summed E-state index contributed by atoms with van der Waals surface area (Å²) in [5.41, 5.74) is 5.33. The van der Waals surface area contributed by atoms with Crippen molar-refractivity contribution in [2.24, 2.45) is 5.73 Å². The maximum atomic E-state index is 11.6. The average Bonchev–Trinajstić information content (AvgIpc) is 2.32. The predicted molar refractivity (Wildman–Crippen MR) is 64.2 cm³/mol. The van der Waals surface area contributed by atoms with Gasteiger partial charge in [-0.05, 0) is 26.2 Å². The van der Waals surface area contributed by atoms with Gasteiger partial charge in [0.15, 0.2) is 6.10 Å². The summed E-state index contributed by atoms with van der Waals surface area (Å²) in [4.78, 5) is 11.6. The normalized spacial score (nSPS) is 13.6. The van der Waals surface area contributed by atoms with Gasteiger partial charge < -0.3 is 15.2 Å². The van der Waals surface area contributed by atoms with Crippen molar-refractivity contribution < 1.29 is 14.3 Å². The number of carbonyl (C=O) groups excluding carboxylic acids is 1. The third-order valence-electron chi connectivity index (χ3n) is 2.97. The molecule has 0 aromatic rings. The van der Waals surface area contributed by atoms with Crippen molar-refractivity contribution >= 4 is 5.97 Å². The van der Waals surface area contributed by atoms with Crippen LogP contribution in [0, 0.1) is 0 Å². The third-order valence-corrected chi connectivity index (χ3v) is 2.97. The number of ether oxygens (including phenoxy) is 2. The van der Waals surface area contributed by atoms with Crippen molar-refractivity contribution in [1.29, 1.82) is 0 Å². The van der Waals surface area contributed by atoms with Gasteiger partial charge >= 0.3 is 5.97 Å². The van der Waals surface area contributed by atoms with E-state index >= 15 is 0 Å². The van der Waals surface area contributed by atoms with Gasteiger partial charge in [-0.2, -0.15) is 0 Å². The van der Waals surface area contributed by atoms with E-state index in [0.717, 1.165) is 12.8 Å². The van der Waals surface area contributed by atoms with Crippen molar-refractivity contribution in [2.45, 2.75) is 58.7 Å². The van der Waals surface area contributed by atoms with Crippen LogP contribution in [0.1, 0.15) is 47.0 Å². The Morgan fingerprint density at radius 2 is 1.81 bits per heavy atom. The molecule has 0 spiro atoms. The highest BCUT2D eigenvalue weighted by Crippen LogP contribution is 2.22. The molecule has 2 N–H and O–H groups in total. The molecule has 0 saturated heterocycles. The molecule has 0 aromatic heterocycles. The van der Waals surface area contributed by atoms with Gasteiger partial charge in [0.25, 0.3) is 0 Å². The van der Waals surface area contributed by atoms with Gasteiger partial charge in [-0.25, -0.2) is 4.79 Å². The van der Waals surface area contributed by atoms with Crippen molar-refractivity contribution in [3.8, 4) is 0 Å². The minimum atomic E-state index is -0.497. The van der Waals surface area contributed by atoms with E-state index in [0.29, 0.717) is 19.6 Å². The number of esters is 1. The number of carbonyl (C=O) groups is 1. The fourth-order valence-electron chi connectivity index (χ4n) is 1.59. The van der Waals surface area contributed by atoms with Gasteiger partial charge in [0.1, 0.15) is 0 Å². The lowest BCUT2D eigenvalue weighted by atomic mass is 9.97. The first-order chi connectivity index (χ1) is 7.59. The zero-order valence-electron chi connectivity index (χ0n) is 10.9. The molecule has 0 bridgehead atoms. The van der Waals surface area contributed by atoms with Gasteiger partial charge in [-0.3, -0.25) is 0 Å². The summed E-state index contributed by atoms with van der Waals surface area (Å²) in [6, 6.07) is 0. The van der Waals surface area contributed by atoms with Gasteiger partial charge in [-0.1, -0.05) is 20.8 Å². The van der Waals surface area contributed by atoms with E-state index in [-0.39, 0.29) is 5.97 Å². The van der Waals surface area contributed by atoms with Crippen LogP contribution in [0.25, 0.3) is 0 Å². The molecule has 0 saturated carbocycles. The van der Waals surface area contributed by atoms with Gasteiger partial charge in [0, 0.05) is 6.54 Å². The van der Waals surface area contributed by atoms with Crippen LogP contribution in [0.15, 0.2) is 0 Å². The maximum absolute atomic E-state index is 11.6. The minimum Gasteiger partial charge on any atom is -0.464 e. The first-order valence-electron chi connectivity index (χ1n) is 6.13. The molecule has 0 rings (SSSR count). The largest absolute Gasteiger partial charge is 0.464 e. The molecule has 0 amide bonds. The zero-order chi connectivity index (χ0) is 12.6. The summed E-state index contributed by atoms with van der Waals surface area (Å²) >= 11 is 0. The number of rotatable bonds is 8. The molecule has 0 heterocycles. The molecule has 0 aliphatic rings. The molecule has 0 aromatic carbocycles. The van der Waals surface area contributed by atoms with E-state index in [9.17, 15) is 4.79 Å². The Hall–Kier alpha value is -0.610. The van der Waals surface area contributed by atoms with Crippen molar-refractivity contribution in [3.63, 3.8) is 0 Å². The zero-order valence-corrected chi connectivity index (χ0v) is 10.9. The molecular formula is C12H25NO3. The Bertz CT molecular complexity index is 194. The summed E-state index contributed by atoms with van der Waals surface area (Å²) in [6.45, 7) is 8.56. The van der Waals surface area contributed by atoms with Crippen LogP contribution in [-0.4, -0.2) is 30.8 Å². The molecule has 1 atom stereocenters. The number of hydrogen-bond acceptors (Lipinski definition) is 4. The highest BCUT2D eigenvalue weighted by molar-refractivity contribution is 5.74. The lowest BCUT2D eigenvalue weighted by Gasteiger charge is -2.33. The highest BCUT2D eigenvalue weighted by Gasteiger charge is 2.32. The van der Waals surface area contributed by atoms with E-state index in [1.54, 1.807) is 6.92 Å². The first-order valence-corrected chi connectivity index (χ1v) is 6.13. The highest BCUT2D eigenvalue weighted by atomic mass is 16.6. The minimum absolute atomic E-state index is 0.287. The SMILES string of the molecule is CCOC(=O)C(CC)OC(CC)(CC)CN. The predicted octanol–water partition coefficient (Wildman–Crippen LogP) is 1.86. The summed E-state index contributed by atoms with van der Waals surface area (Å²) in [6.07, 6.45) is 1.72. The topological polar surface area (TPSA) is 61.5 Å². The van der Waals surface area contributed by atoms with Crippen LogP contribution in [0.2, 0.25) is 0 Å². The smallest absolute Gasteiger partial charge is 0.335 e. The Labute approximate surface area is 98.5 Å². The standard InChI is InChI=1S/C12H25NO3/c1-5-10(11(14)15-8-4)16-12(6-2,7-3)9-13/h10H,5-9,13H2,1-4H3. The van der Waals surface area contributed by atoms with E-state index in [1.165, 1.54) is 0 Å². The second-order valence-electron chi connectivity index (χ2n) is 3.86. The van der Waals surface area contributed by atoms with Crippen molar-refractivity contribution in [2.75, 3.05) is 13.2 Å². The van der Waals surface area contributed by atoms with Crippen LogP contribution in [0.3, 0.4) is 0 Å². The fourth-order valence-corrected chi connectivity index (χ4v) is 1.59. The molecular weight excluding hydrogens is 206 g/mol. The van der Waals surface area contributed by atoms with E-state index in [2.05, 4.69) is 0 Å². The Morgan fingerprint density at radius 3 is 2.12 bits per heavy atom. The van der Waals surface area contributed by atoms with Gasteiger partial charge in [0.05, 0.1) is 12.2 Å². The maximum Gasteiger partial charge on any atom is 0.335 e. The van der Waals surface area contributed by atoms with E-state index in [1.807, 2.05) is 20.8 Å². The number of nitrogens with two attached hydrogens (primary N) is 1. The quantitative estimate of drug-likeness (QED) is 0.648. The lowest BCUT2D eigenvalue weighted by Crippen LogP contribution is -2.45. The Morgan fingerprint density at radius 1 is 1.25 bits per heavy atom. The molecule has 0 aliphatic heterocycles. The Balaban J connectivity index is 4.54. The molecule has 4 heteroatoms. The molecule has 4 nitrogen and oxygen atoms in total. The van der Waals surface area contributed by atoms with Crippen molar-refractivity contribution in [1.82, 2.24) is 0 Å².